The number of carbonyl (C=O) groups excluding carboxylic acids is 1. The largest absolute Gasteiger partial charge is 0.357 e. The monoisotopic (exact) mass is 490 g/mol. The van der Waals surface area contributed by atoms with Crippen LogP contribution in [0, 0.1) is 5.82 Å². The summed E-state index contributed by atoms with van der Waals surface area (Å²) in [7, 11) is 1.98. The molecule has 1 saturated heterocycles. The molecule has 1 aromatic rings. The number of hydrogen-bond donors (Lipinski definition) is 1. The number of halogens is 2. The smallest absolute Gasteiger partial charge is 0.222 e. The molecule has 1 atom stereocenters. The highest BCUT2D eigenvalue weighted by Crippen LogP contribution is 2.18. The second-order valence-corrected chi connectivity index (χ2v) is 6.76. The Morgan fingerprint density at radius 1 is 1.33 bits per heavy atom. The van der Waals surface area contributed by atoms with Crippen LogP contribution >= 0.6 is 24.0 Å². The molecule has 27 heavy (non-hydrogen) atoms. The van der Waals surface area contributed by atoms with Crippen molar-refractivity contribution in [2.75, 3.05) is 26.7 Å². The van der Waals surface area contributed by atoms with Gasteiger partial charge in [-0.05, 0) is 43.9 Å². The Morgan fingerprint density at radius 3 is 2.59 bits per heavy atom. The summed E-state index contributed by atoms with van der Waals surface area (Å²) in [6, 6.07) is 6.82. The van der Waals surface area contributed by atoms with Gasteiger partial charge in [0.25, 0.3) is 0 Å². The third kappa shape index (κ3) is 7.27. The van der Waals surface area contributed by atoms with Crippen molar-refractivity contribution < 1.29 is 9.18 Å². The molecule has 1 aromatic carbocycles. The van der Waals surface area contributed by atoms with Crippen molar-refractivity contribution in [3.8, 4) is 0 Å². The third-order valence-corrected chi connectivity index (χ3v) is 4.78. The van der Waals surface area contributed by atoms with E-state index >= 15 is 0 Å². The lowest BCUT2D eigenvalue weighted by molar-refractivity contribution is -0.129. The molecular weight excluding hydrogens is 458 g/mol. The maximum absolute atomic E-state index is 13.1. The number of guanidine groups is 1. The summed E-state index contributed by atoms with van der Waals surface area (Å²) < 4.78 is 13.1. The van der Waals surface area contributed by atoms with Crippen molar-refractivity contribution in [1.29, 1.82) is 0 Å². The predicted molar refractivity (Wildman–Crippen MR) is 119 cm³/mol. The van der Waals surface area contributed by atoms with Gasteiger partial charge in [-0.1, -0.05) is 19.1 Å². The standard InChI is InChI=1S/C20H31FN4O.HI/c1-4-18(25-14-6-7-19(25)26)12-13-23-20(22-5-2)24(3)15-16-8-10-17(21)11-9-16;/h8-11,18H,4-7,12-15H2,1-3H3,(H,22,23);1H. The number of amides is 1. The first kappa shape index (κ1) is 23.7. The normalized spacial score (nSPS) is 15.5. The molecule has 2 rings (SSSR count). The minimum absolute atomic E-state index is 0. The van der Waals surface area contributed by atoms with Crippen LogP contribution in [0.15, 0.2) is 29.3 Å². The van der Waals surface area contributed by atoms with Gasteiger partial charge in [-0.2, -0.15) is 0 Å². The summed E-state index contributed by atoms with van der Waals surface area (Å²) in [6.45, 7) is 7.18. The number of nitrogens with one attached hydrogen (secondary N) is 1. The van der Waals surface area contributed by atoms with E-state index in [4.69, 9.17) is 4.99 Å². The number of rotatable bonds is 8. The highest BCUT2D eigenvalue weighted by molar-refractivity contribution is 14.0. The molecule has 0 saturated carbocycles. The Balaban J connectivity index is 0.00000364. The number of carbonyl (C=O) groups is 1. The fourth-order valence-electron chi connectivity index (χ4n) is 3.36. The zero-order valence-electron chi connectivity index (χ0n) is 16.6. The molecule has 5 nitrogen and oxygen atoms in total. The Hall–Kier alpha value is -1.38. The fourth-order valence-corrected chi connectivity index (χ4v) is 3.36. The van der Waals surface area contributed by atoms with Gasteiger partial charge in [-0.15, -0.1) is 24.0 Å². The number of nitrogens with zero attached hydrogens (tertiary/aromatic N) is 3. The third-order valence-electron chi connectivity index (χ3n) is 4.78. The second kappa shape index (κ2) is 12.2. The van der Waals surface area contributed by atoms with Crippen LogP contribution in [0.25, 0.3) is 0 Å². The Labute approximate surface area is 179 Å². The lowest BCUT2D eigenvalue weighted by atomic mass is 10.1. The average Bonchev–Trinajstić information content (AvgIpc) is 3.05. The maximum atomic E-state index is 13.1. The summed E-state index contributed by atoms with van der Waals surface area (Å²) in [5.41, 5.74) is 1.04. The van der Waals surface area contributed by atoms with E-state index in [0.717, 1.165) is 43.9 Å². The minimum Gasteiger partial charge on any atom is -0.357 e. The molecule has 0 aromatic heterocycles. The van der Waals surface area contributed by atoms with Crippen molar-refractivity contribution in [1.82, 2.24) is 15.1 Å². The van der Waals surface area contributed by atoms with E-state index in [1.807, 2.05) is 23.8 Å². The van der Waals surface area contributed by atoms with Crippen LogP contribution in [0.3, 0.4) is 0 Å². The van der Waals surface area contributed by atoms with Gasteiger partial charge in [-0.25, -0.2) is 4.39 Å². The molecule has 152 valence electrons. The molecule has 1 N–H and O–H groups in total. The van der Waals surface area contributed by atoms with Crippen LogP contribution < -0.4 is 5.32 Å². The van der Waals surface area contributed by atoms with Gasteiger partial charge < -0.3 is 15.1 Å². The summed E-state index contributed by atoms with van der Waals surface area (Å²) in [5, 5.41) is 3.31. The van der Waals surface area contributed by atoms with Gasteiger partial charge in [0.2, 0.25) is 5.91 Å². The highest BCUT2D eigenvalue weighted by Gasteiger charge is 2.26. The second-order valence-electron chi connectivity index (χ2n) is 6.76. The lowest BCUT2D eigenvalue weighted by Gasteiger charge is -2.27. The molecule has 0 aliphatic carbocycles. The van der Waals surface area contributed by atoms with Gasteiger partial charge in [-0.3, -0.25) is 9.79 Å². The molecule has 1 fully saturated rings. The molecule has 1 aliphatic rings. The molecule has 1 amide bonds. The van der Waals surface area contributed by atoms with E-state index in [1.54, 1.807) is 12.1 Å². The van der Waals surface area contributed by atoms with E-state index in [1.165, 1.54) is 12.1 Å². The van der Waals surface area contributed by atoms with E-state index < -0.39 is 0 Å². The topological polar surface area (TPSA) is 47.9 Å². The van der Waals surface area contributed by atoms with Gasteiger partial charge >= 0.3 is 0 Å². The zero-order valence-corrected chi connectivity index (χ0v) is 18.9. The lowest BCUT2D eigenvalue weighted by Crippen LogP contribution is -2.39. The first-order valence-corrected chi connectivity index (χ1v) is 9.58. The Morgan fingerprint density at radius 2 is 2.04 bits per heavy atom. The summed E-state index contributed by atoms with van der Waals surface area (Å²) >= 11 is 0. The number of benzene rings is 1. The quantitative estimate of drug-likeness (QED) is 0.344. The Bertz CT molecular complexity index is 609. The summed E-state index contributed by atoms with van der Waals surface area (Å²) in [5.74, 6) is 0.889. The molecule has 0 radical (unpaired) electrons. The Kier molecular flexibility index (Phi) is 10.6. The zero-order chi connectivity index (χ0) is 18.9. The SMILES string of the molecule is CCNC(=NCCC(CC)N1CCCC1=O)N(C)Cc1ccc(F)cc1.I. The van der Waals surface area contributed by atoms with Gasteiger partial charge in [0.15, 0.2) is 5.96 Å². The van der Waals surface area contributed by atoms with Crippen molar-refractivity contribution >= 4 is 35.8 Å². The van der Waals surface area contributed by atoms with Crippen molar-refractivity contribution in [2.24, 2.45) is 4.99 Å². The van der Waals surface area contributed by atoms with Gasteiger partial charge in [0.1, 0.15) is 5.82 Å². The average molecular weight is 490 g/mol. The van der Waals surface area contributed by atoms with Crippen LogP contribution in [0.2, 0.25) is 0 Å². The first-order chi connectivity index (χ1) is 12.5. The molecule has 0 bridgehead atoms. The predicted octanol–water partition coefficient (Wildman–Crippen LogP) is 3.63. The molecule has 1 heterocycles. The number of likely N-dealkylation sites (tertiary alicyclic amines) is 1. The molecule has 1 aliphatic heterocycles. The maximum Gasteiger partial charge on any atom is 0.222 e. The molecule has 7 heteroatoms. The highest BCUT2D eigenvalue weighted by atomic mass is 127. The number of aliphatic imine (C=N–C) groups is 1. The van der Waals surface area contributed by atoms with E-state index in [0.29, 0.717) is 19.5 Å². The number of hydrogen-bond acceptors (Lipinski definition) is 2. The minimum atomic E-state index is -0.223. The van der Waals surface area contributed by atoms with Crippen LogP contribution in [-0.4, -0.2) is 54.4 Å². The fraction of sp³-hybridized carbons (Fsp3) is 0.600. The first-order valence-electron chi connectivity index (χ1n) is 9.58. The van der Waals surface area contributed by atoms with Crippen LogP contribution in [0.4, 0.5) is 4.39 Å². The van der Waals surface area contributed by atoms with Crippen molar-refractivity contribution in [3.63, 3.8) is 0 Å². The molecular formula is C20H32FIN4O. The van der Waals surface area contributed by atoms with Crippen LogP contribution in [0.1, 0.15) is 45.1 Å². The van der Waals surface area contributed by atoms with Crippen LogP contribution in [-0.2, 0) is 11.3 Å². The van der Waals surface area contributed by atoms with E-state index in [-0.39, 0.29) is 41.7 Å². The molecule has 1 unspecified atom stereocenters. The summed E-state index contributed by atoms with van der Waals surface area (Å²) in [4.78, 5) is 20.7. The van der Waals surface area contributed by atoms with Crippen molar-refractivity contribution in [2.45, 2.75) is 52.1 Å². The van der Waals surface area contributed by atoms with Gasteiger partial charge in [0, 0.05) is 45.7 Å². The molecule has 0 spiro atoms. The van der Waals surface area contributed by atoms with Gasteiger partial charge in [0.05, 0.1) is 0 Å². The van der Waals surface area contributed by atoms with Crippen LogP contribution in [0.5, 0.6) is 0 Å². The summed E-state index contributed by atoms with van der Waals surface area (Å²) in [6.07, 6.45) is 3.50. The van der Waals surface area contributed by atoms with E-state index in [2.05, 4.69) is 12.2 Å². The van der Waals surface area contributed by atoms with E-state index in [9.17, 15) is 9.18 Å². The van der Waals surface area contributed by atoms with Crippen molar-refractivity contribution in [3.05, 3.63) is 35.6 Å².